The molecule has 1 aliphatic rings. The van der Waals surface area contributed by atoms with Gasteiger partial charge < -0.3 is 5.11 Å². The predicted molar refractivity (Wildman–Crippen MR) is 77.7 cm³/mol. The molecule has 0 aromatic heterocycles. The van der Waals surface area contributed by atoms with Gasteiger partial charge in [0, 0.05) is 5.92 Å². The second kappa shape index (κ2) is 5.21. The van der Waals surface area contributed by atoms with Crippen LogP contribution in [0.1, 0.15) is 11.5 Å². The summed E-state index contributed by atoms with van der Waals surface area (Å²) in [7, 11) is -3.77. The van der Waals surface area contributed by atoms with Gasteiger partial charge in [-0.3, -0.25) is 4.79 Å². The number of carboxylic acids is 1. The Morgan fingerprint density at radius 3 is 2.32 bits per heavy atom. The third kappa shape index (κ3) is 2.39. The maximum absolute atomic E-state index is 13.3. The first-order chi connectivity index (χ1) is 10.4. The Kier molecular flexibility index (Phi) is 3.48. The van der Waals surface area contributed by atoms with Crippen molar-refractivity contribution in [3.8, 4) is 0 Å². The van der Waals surface area contributed by atoms with E-state index < -0.39 is 38.7 Å². The van der Waals surface area contributed by atoms with Crippen molar-refractivity contribution in [1.29, 1.82) is 0 Å². The topological polar surface area (TPSA) is 71.4 Å². The second-order valence-corrected chi connectivity index (χ2v) is 7.37. The number of hydrogen-bond acceptors (Lipinski definition) is 3. The number of carbonyl (C=O) groups is 1. The minimum atomic E-state index is -3.77. The fourth-order valence-corrected chi connectivity index (χ4v) is 4.99. The minimum Gasteiger partial charge on any atom is -0.481 e. The largest absolute Gasteiger partial charge is 0.481 e. The lowest BCUT2D eigenvalue weighted by Gasteiger charge is -2.04. The molecule has 1 saturated carbocycles. The monoisotopic (exact) mass is 320 g/mol. The van der Waals surface area contributed by atoms with E-state index >= 15 is 0 Å². The van der Waals surface area contributed by atoms with E-state index in [1.807, 2.05) is 0 Å². The van der Waals surface area contributed by atoms with Crippen molar-refractivity contribution >= 4 is 15.8 Å². The average molecular weight is 320 g/mol. The third-order valence-electron chi connectivity index (χ3n) is 3.90. The average Bonchev–Trinajstić information content (AvgIpc) is 3.25. The van der Waals surface area contributed by atoms with Gasteiger partial charge in [0.05, 0.1) is 16.1 Å². The first-order valence-corrected chi connectivity index (χ1v) is 8.25. The highest BCUT2D eigenvalue weighted by Gasteiger charge is 2.63. The molecule has 0 saturated heterocycles. The van der Waals surface area contributed by atoms with Gasteiger partial charge in [-0.1, -0.05) is 30.3 Å². The van der Waals surface area contributed by atoms with Crippen molar-refractivity contribution in [3.63, 3.8) is 0 Å². The molecule has 0 amide bonds. The molecule has 114 valence electrons. The second-order valence-electron chi connectivity index (χ2n) is 5.27. The van der Waals surface area contributed by atoms with Gasteiger partial charge in [0.1, 0.15) is 5.82 Å². The number of aliphatic carboxylic acids is 1. The first kappa shape index (κ1) is 14.7. The first-order valence-electron chi connectivity index (χ1n) is 6.70. The summed E-state index contributed by atoms with van der Waals surface area (Å²) < 4.78 is 38.6. The molecule has 2 aromatic carbocycles. The number of rotatable bonds is 4. The van der Waals surface area contributed by atoms with Crippen molar-refractivity contribution in [2.75, 3.05) is 0 Å². The van der Waals surface area contributed by atoms with Gasteiger partial charge in [0.2, 0.25) is 0 Å². The Bertz CT molecular complexity index is 817. The van der Waals surface area contributed by atoms with Gasteiger partial charge in [0.15, 0.2) is 9.84 Å². The van der Waals surface area contributed by atoms with E-state index in [1.165, 1.54) is 30.3 Å². The zero-order valence-electron chi connectivity index (χ0n) is 11.4. The van der Waals surface area contributed by atoms with Crippen LogP contribution < -0.4 is 0 Å². The Labute approximate surface area is 127 Å². The van der Waals surface area contributed by atoms with Crippen molar-refractivity contribution < 1.29 is 22.7 Å². The lowest BCUT2D eigenvalue weighted by molar-refractivity contribution is -0.138. The summed E-state index contributed by atoms with van der Waals surface area (Å²) in [5.41, 5.74) is 0.400. The van der Waals surface area contributed by atoms with E-state index in [1.54, 1.807) is 24.3 Å². The highest BCUT2D eigenvalue weighted by atomic mass is 32.2. The Morgan fingerprint density at radius 2 is 1.73 bits per heavy atom. The zero-order valence-corrected chi connectivity index (χ0v) is 12.2. The summed E-state index contributed by atoms with van der Waals surface area (Å²) in [6.07, 6.45) is 0. The van der Waals surface area contributed by atoms with E-state index in [0.29, 0.717) is 5.56 Å². The maximum atomic E-state index is 13.3. The van der Waals surface area contributed by atoms with Crippen LogP contribution in [0.25, 0.3) is 0 Å². The number of halogens is 1. The van der Waals surface area contributed by atoms with Crippen LogP contribution in [0.3, 0.4) is 0 Å². The highest BCUT2D eigenvalue weighted by molar-refractivity contribution is 7.92. The number of carboxylic acid groups (broad SMARTS) is 1. The molecule has 3 rings (SSSR count). The van der Waals surface area contributed by atoms with E-state index in [9.17, 15) is 22.7 Å². The van der Waals surface area contributed by atoms with E-state index in [2.05, 4.69) is 0 Å². The van der Waals surface area contributed by atoms with Crippen LogP contribution in [-0.4, -0.2) is 24.7 Å². The smallest absolute Gasteiger partial charge is 0.308 e. The van der Waals surface area contributed by atoms with Gasteiger partial charge in [-0.25, -0.2) is 12.8 Å². The van der Waals surface area contributed by atoms with Crippen LogP contribution in [-0.2, 0) is 14.6 Å². The fraction of sp³-hybridized carbons (Fsp3) is 0.188. The summed E-state index contributed by atoms with van der Waals surface area (Å²) >= 11 is 0. The summed E-state index contributed by atoms with van der Waals surface area (Å²) in [6.45, 7) is 0. The van der Waals surface area contributed by atoms with Gasteiger partial charge in [-0.05, 0) is 29.8 Å². The molecule has 1 N–H and O–H groups in total. The quantitative estimate of drug-likeness (QED) is 0.939. The van der Waals surface area contributed by atoms with Crippen molar-refractivity contribution in [2.24, 2.45) is 5.92 Å². The highest BCUT2D eigenvalue weighted by Crippen LogP contribution is 2.54. The molecule has 0 radical (unpaired) electrons. The van der Waals surface area contributed by atoms with Crippen molar-refractivity contribution in [3.05, 3.63) is 66.0 Å². The molecule has 0 heterocycles. The molecule has 0 spiro atoms. The van der Waals surface area contributed by atoms with Crippen LogP contribution in [0.5, 0.6) is 0 Å². The molecule has 6 heteroatoms. The SMILES string of the molecule is O=C(O)[C@H]1[C@@H](c2cccc(F)c2)[C@@H]1S(=O)(=O)c1ccccc1. The van der Waals surface area contributed by atoms with Crippen LogP contribution in [0.15, 0.2) is 59.5 Å². The van der Waals surface area contributed by atoms with Gasteiger partial charge >= 0.3 is 5.97 Å². The molecule has 0 bridgehead atoms. The predicted octanol–water partition coefficient (Wildman–Crippen LogP) is 2.47. The molecule has 3 atom stereocenters. The molecular weight excluding hydrogens is 307 g/mol. The van der Waals surface area contributed by atoms with Crippen LogP contribution in [0.4, 0.5) is 4.39 Å². The molecular formula is C16H13FO4S. The van der Waals surface area contributed by atoms with Crippen molar-refractivity contribution in [2.45, 2.75) is 16.1 Å². The standard InChI is InChI=1S/C16H13FO4S/c17-11-6-4-5-10(9-11)13-14(16(18)19)15(13)22(20,21)12-7-2-1-3-8-12/h1-9,13-15H,(H,18,19)/t13-,14+,15+/m1/s1. The molecule has 0 aliphatic heterocycles. The van der Waals surface area contributed by atoms with Crippen molar-refractivity contribution in [1.82, 2.24) is 0 Å². The van der Waals surface area contributed by atoms with Gasteiger partial charge in [-0.2, -0.15) is 0 Å². The molecule has 22 heavy (non-hydrogen) atoms. The molecule has 2 aromatic rings. The Hall–Kier alpha value is -2.21. The molecule has 4 nitrogen and oxygen atoms in total. The third-order valence-corrected chi connectivity index (χ3v) is 6.13. The van der Waals surface area contributed by atoms with E-state index in [-0.39, 0.29) is 4.90 Å². The van der Waals surface area contributed by atoms with Crippen LogP contribution in [0, 0.1) is 11.7 Å². The summed E-state index contributed by atoms with van der Waals surface area (Å²) in [5, 5.41) is 8.22. The fourth-order valence-electron chi connectivity index (χ4n) is 2.84. The van der Waals surface area contributed by atoms with E-state index in [4.69, 9.17) is 0 Å². The summed E-state index contributed by atoms with van der Waals surface area (Å²) in [6, 6.07) is 13.2. The lowest BCUT2D eigenvalue weighted by atomic mass is 10.1. The van der Waals surface area contributed by atoms with Crippen LogP contribution in [0.2, 0.25) is 0 Å². The summed E-state index contributed by atoms with van der Waals surface area (Å²) in [4.78, 5) is 11.4. The van der Waals surface area contributed by atoms with Gasteiger partial charge in [0.25, 0.3) is 0 Å². The Balaban J connectivity index is 2.01. The normalized spacial score (nSPS) is 24.0. The van der Waals surface area contributed by atoms with Gasteiger partial charge in [-0.15, -0.1) is 0 Å². The lowest BCUT2D eigenvalue weighted by Crippen LogP contribution is -2.13. The van der Waals surface area contributed by atoms with Crippen LogP contribution >= 0.6 is 0 Å². The number of sulfone groups is 1. The molecule has 0 unspecified atom stereocenters. The molecule has 1 aliphatic carbocycles. The van der Waals surface area contributed by atoms with E-state index in [0.717, 1.165) is 0 Å². The Morgan fingerprint density at radius 1 is 1.05 bits per heavy atom. The minimum absolute atomic E-state index is 0.0881. The molecule has 1 fully saturated rings. The number of hydrogen-bond donors (Lipinski definition) is 1. The summed E-state index contributed by atoms with van der Waals surface area (Å²) in [5.74, 6) is -3.46. The maximum Gasteiger partial charge on any atom is 0.308 e. The number of benzene rings is 2. The zero-order chi connectivity index (χ0) is 15.9.